The van der Waals surface area contributed by atoms with Crippen LogP contribution in [0.15, 0.2) is 18.5 Å². The molecule has 0 bridgehead atoms. The minimum Gasteiger partial charge on any atom is -0.476 e. The van der Waals surface area contributed by atoms with Crippen molar-refractivity contribution in [1.82, 2.24) is 19.7 Å². The summed E-state index contributed by atoms with van der Waals surface area (Å²) >= 11 is 0. The molecule has 0 unspecified atom stereocenters. The zero-order chi connectivity index (χ0) is 18.1. The van der Waals surface area contributed by atoms with Gasteiger partial charge >= 0.3 is 5.97 Å². The Morgan fingerprint density at radius 2 is 2.12 bits per heavy atom. The molecular formula is C18H22N4O3. The molecule has 7 nitrogen and oxygen atoms in total. The Morgan fingerprint density at radius 1 is 1.36 bits per heavy atom. The summed E-state index contributed by atoms with van der Waals surface area (Å²) in [4.78, 5) is 30.1. The van der Waals surface area contributed by atoms with E-state index in [4.69, 9.17) is 0 Å². The van der Waals surface area contributed by atoms with Gasteiger partial charge in [0.25, 0.3) is 5.91 Å². The fraction of sp³-hybridized carbons (Fsp3) is 0.444. The van der Waals surface area contributed by atoms with Crippen LogP contribution >= 0.6 is 0 Å². The molecule has 0 spiro atoms. The van der Waals surface area contributed by atoms with E-state index >= 15 is 0 Å². The van der Waals surface area contributed by atoms with Gasteiger partial charge in [-0.2, -0.15) is 5.10 Å². The fourth-order valence-corrected chi connectivity index (χ4v) is 3.22. The fourth-order valence-electron chi connectivity index (χ4n) is 3.22. The number of pyridine rings is 1. The van der Waals surface area contributed by atoms with Gasteiger partial charge in [0.1, 0.15) is 0 Å². The van der Waals surface area contributed by atoms with Crippen LogP contribution in [0.5, 0.6) is 0 Å². The van der Waals surface area contributed by atoms with Crippen molar-refractivity contribution in [2.24, 2.45) is 5.92 Å². The molecule has 0 radical (unpaired) electrons. The van der Waals surface area contributed by atoms with Crippen molar-refractivity contribution in [1.29, 1.82) is 0 Å². The maximum atomic E-state index is 12.8. The lowest BCUT2D eigenvalue weighted by molar-refractivity contribution is 0.0674. The number of carbonyl (C=O) groups is 2. The number of fused-ring (bicyclic) bond motifs is 1. The number of carboxylic acids is 1. The van der Waals surface area contributed by atoms with Gasteiger partial charge in [-0.3, -0.25) is 14.5 Å². The molecule has 2 aromatic rings. The summed E-state index contributed by atoms with van der Waals surface area (Å²) in [6, 6.07) is 1.70. The Hall–Kier alpha value is -2.70. The third-order valence-corrected chi connectivity index (χ3v) is 4.41. The van der Waals surface area contributed by atoms with E-state index in [0.29, 0.717) is 36.6 Å². The second kappa shape index (κ2) is 6.66. The SMILES string of the molecule is Cc1cnccc1C(=O)N1CCc2c(c(C(=O)O)nn2CC(C)C)C1. The zero-order valence-electron chi connectivity index (χ0n) is 14.7. The number of hydrogen-bond acceptors (Lipinski definition) is 4. The van der Waals surface area contributed by atoms with E-state index in [2.05, 4.69) is 23.9 Å². The highest BCUT2D eigenvalue weighted by molar-refractivity contribution is 5.96. The smallest absolute Gasteiger partial charge is 0.356 e. The quantitative estimate of drug-likeness (QED) is 0.919. The summed E-state index contributed by atoms with van der Waals surface area (Å²) in [5.74, 6) is -0.781. The topological polar surface area (TPSA) is 88.3 Å². The van der Waals surface area contributed by atoms with Crippen LogP contribution in [-0.2, 0) is 19.5 Å². The number of nitrogens with zero attached hydrogens (tertiary/aromatic N) is 4. The predicted molar refractivity (Wildman–Crippen MR) is 91.4 cm³/mol. The number of aromatic nitrogens is 3. The van der Waals surface area contributed by atoms with Gasteiger partial charge in [0, 0.05) is 48.7 Å². The lowest BCUT2D eigenvalue weighted by Gasteiger charge is -2.28. The molecule has 3 heterocycles. The first kappa shape index (κ1) is 17.1. The first-order valence-electron chi connectivity index (χ1n) is 8.40. The minimum atomic E-state index is -1.05. The Kier molecular flexibility index (Phi) is 4.57. The van der Waals surface area contributed by atoms with Crippen molar-refractivity contribution < 1.29 is 14.7 Å². The molecule has 0 atom stereocenters. The number of amides is 1. The average molecular weight is 342 g/mol. The molecule has 132 valence electrons. The van der Waals surface area contributed by atoms with E-state index in [1.54, 1.807) is 28.0 Å². The van der Waals surface area contributed by atoms with Crippen molar-refractivity contribution >= 4 is 11.9 Å². The second-order valence-electron chi connectivity index (χ2n) is 6.82. The molecule has 1 amide bonds. The van der Waals surface area contributed by atoms with Gasteiger partial charge < -0.3 is 10.0 Å². The number of aryl methyl sites for hydroxylation is 1. The molecule has 1 N–H and O–H groups in total. The number of aromatic carboxylic acids is 1. The molecule has 2 aromatic heterocycles. The molecule has 7 heteroatoms. The Morgan fingerprint density at radius 3 is 2.76 bits per heavy atom. The lowest BCUT2D eigenvalue weighted by atomic mass is 10.0. The van der Waals surface area contributed by atoms with Crippen LogP contribution in [0.3, 0.4) is 0 Å². The molecule has 0 fully saturated rings. The standard InChI is InChI=1S/C18H22N4O3/c1-11(2)9-22-15-5-7-21(10-14(15)16(20-22)18(24)25)17(23)13-4-6-19-8-12(13)3/h4,6,8,11H,5,7,9-10H2,1-3H3,(H,24,25). The van der Waals surface area contributed by atoms with Gasteiger partial charge in [-0.05, 0) is 24.5 Å². The first-order valence-corrected chi connectivity index (χ1v) is 8.40. The summed E-state index contributed by atoms with van der Waals surface area (Å²) in [5.41, 5.74) is 3.05. The van der Waals surface area contributed by atoms with E-state index in [0.717, 1.165) is 11.3 Å². The normalized spacial score (nSPS) is 13.8. The third kappa shape index (κ3) is 3.26. The predicted octanol–water partition coefficient (Wildman–Crippen LogP) is 2.14. The zero-order valence-corrected chi connectivity index (χ0v) is 14.7. The molecule has 1 aliphatic heterocycles. The third-order valence-electron chi connectivity index (χ3n) is 4.41. The highest BCUT2D eigenvalue weighted by atomic mass is 16.4. The van der Waals surface area contributed by atoms with Gasteiger partial charge in [0.15, 0.2) is 5.69 Å². The van der Waals surface area contributed by atoms with Gasteiger partial charge in [-0.1, -0.05) is 13.8 Å². The molecule has 0 saturated heterocycles. The highest BCUT2D eigenvalue weighted by Gasteiger charge is 2.30. The van der Waals surface area contributed by atoms with Gasteiger partial charge in [0.05, 0.1) is 6.54 Å². The van der Waals surface area contributed by atoms with Crippen LogP contribution in [0.4, 0.5) is 0 Å². The van der Waals surface area contributed by atoms with Crippen molar-refractivity contribution in [3.05, 3.63) is 46.5 Å². The summed E-state index contributed by atoms with van der Waals surface area (Å²) in [6.45, 7) is 7.48. The van der Waals surface area contributed by atoms with Crippen molar-refractivity contribution in [3.63, 3.8) is 0 Å². The van der Waals surface area contributed by atoms with Crippen LogP contribution in [-0.4, -0.2) is 43.2 Å². The summed E-state index contributed by atoms with van der Waals surface area (Å²) in [7, 11) is 0. The minimum absolute atomic E-state index is 0.0552. The van der Waals surface area contributed by atoms with Crippen LogP contribution in [0, 0.1) is 12.8 Å². The summed E-state index contributed by atoms with van der Waals surface area (Å²) < 4.78 is 1.79. The van der Waals surface area contributed by atoms with Crippen molar-refractivity contribution in [3.8, 4) is 0 Å². The van der Waals surface area contributed by atoms with E-state index < -0.39 is 5.97 Å². The monoisotopic (exact) mass is 342 g/mol. The summed E-state index contributed by atoms with van der Waals surface area (Å²) in [6.07, 6.45) is 3.86. The van der Waals surface area contributed by atoms with E-state index in [-0.39, 0.29) is 18.1 Å². The molecule has 0 saturated carbocycles. The molecule has 1 aliphatic rings. The van der Waals surface area contributed by atoms with Crippen LogP contribution in [0.1, 0.15) is 51.5 Å². The average Bonchev–Trinajstić information content (AvgIpc) is 2.92. The van der Waals surface area contributed by atoms with Gasteiger partial charge in [-0.15, -0.1) is 0 Å². The number of carboxylic acid groups (broad SMARTS) is 1. The van der Waals surface area contributed by atoms with Gasteiger partial charge in [-0.25, -0.2) is 4.79 Å². The van der Waals surface area contributed by atoms with Gasteiger partial charge in [0.2, 0.25) is 0 Å². The molecule has 0 aromatic carbocycles. The molecule has 25 heavy (non-hydrogen) atoms. The molecule has 3 rings (SSSR count). The molecular weight excluding hydrogens is 320 g/mol. The molecule has 0 aliphatic carbocycles. The Bertz CT molecular complexity index is 826. The van der Waals surface area contributed by atoms with Crippen LogP contribution < -0.4 is 0 Å². The van der Waals surface area contributed by atoms with Crippen LogP contribution in [0.2, 0.25) is 0 Å². The maximum absolute atomic E-state index is 12.8. The van der Waals surface area contributed by atoms with Crippen molar-refractivity contribution in [2.45, 2.75) is 40.3 Å². The van der Waals surface area contributed by atoms with E-state index in [1.165, 1.54) is 0 Å². The number of carbonyl (C=O) groups excluding carboxylic acids is 1. The first-order chi connectivity index (χ1) is 11.9. The number of rotatable bonds is 4. The van der Waals surface area contributed by atoms with Crippen molar-refractivity contribution in [2.75, 3.05) is 6.54 Å². The Balaban J connectivity index is 1.93. The van der Waals surface area contributed by atoms with E-state index in [1.807, 2.05) is 6.92 Å². The van der Waals surface area contributed by atoms with E-state index in [9.17, 15) is 14.7 Å². The Labute approximate surface area is 146 Å². The lowest BCUT2D eigenvalue weighted by Crippen LogP contribution is -2.37. The largest absolute Gasteiger partial charge is 0.476 e. The summed E-state index contributed by atoms with van der Waals surface area (Å²) in [5, 5.41) is 13.8. The highest BCUT2D eigenvalue weighted by Crippen LogP contribution is 2.25. The van der Waals surface area contributed by atoms with Crippen LogP contribution in [0.25, 0.3) is 0 Å². The maximum Gasteiger partial charge on any atom is 0.356 e. The second-order valence-corrected chi connectivity index (χ2v) is 6.82. The number of hydrogen-bond donors (Lipinski definition) is 1.